The molecule has 0 saturated heterocycles. The maximum absolute atomic E-state index is 12.4. The first kappa shape index (κ1) is 8.35. The molecular formula is C10H7F3. The van der Waals surface area contributed by atoms with Gasteiger partial charge in [0.2, 0.25) is 0 Å². The number of benzene rings is 1. The molecule has 1 unspecified atom stereocenters. The topological polar surface area (TPSA) is 0 Å². The Morgan fingerprint density at radius 1 is 1.08 bits per heavy atom. The monoisotopic (exact) mass is 184 g/mol. The third kappa shape index (κ3) is 1.34. The van der Waals surface area contributed by atoms with Crippen LogP contribution < -0.4 is 0 Å². The van der Waals surface area contributed by atoms with E-state index < -0.39 is 12.1 Å². The Balaban J connectivity index is 2.45. The van der Waals surface area contributed by atoms with Crippen LogP contribution in [-0.2, 0) is 0 Å². The van der Waals surface area contributed by atoms with E-state index >= 15 is 0 Å². The molecule has 0 N–H and O–H groups in total. The van der Waals surface area contributed by atoms with E-state index in [1.54, 1.807) is 18.2 Å². The van der Waals surface area contributed by atoms with Gasteiger partial charge in [-0.3, -0.25) is 0 Å². The number of halogens is 3. The number of hydrogen-bond donors (Lipinski definition) is 0. The molecule has 3 heteroatoms. The highest BCUT2D eigenvalue weighted by atomic mass is 19.4. The summed E-state index contributed by atoms with van der Waals surface area (Å²) in [4.78, 5) is 0. The SMILES string of the molecule is FC(F)(F)C1C=Cc2ccccc21. The van der Waals surface area contributed by atoms with Crippen molar-refractivity contribution in [2.45, 2.75) is 12.1 Å². The Morgan fingerprint density at radius 2 is 1.77 bits per heavy atom. The Bertz CT molecular complexity index is 349. The van der Waals surface area contributed by atoms with Gasteiger partial charge in [-0.25, -0.2) is 0 Å². The van der Waals surface area contributed by atoms with Gasteiger partial charge in [0.05, 0.1) is 5.92 Å². The summed E-state index contributed by atoms with van der Waals surface area (Å²) in [6.45, 7) is 0. The van der Waals surface area contributed by atoms with Crippen molar-refractivity contribution < 1.29 is 13.2 Å². The second kappa shape index (κ2) is 2.62. The normalized spacial score (nSPS) is 20.4. The van der Waals surface area contributed by atoms with E-state index in [1.807, 2.05) is 0 Å². The largest absolute Gasteiger partial charge is 0.399 e. The predicted molar refractivity (Wildman–Crippen MR) is 44.3 cm³/mol. The molecule has 0 amide bonds. The van der Waals surface area contributed by atoms with Crippen molar-refractivity contribution in [2.75, 3.05) is 0 Å². The molecule has 0 fully saturated rings. The molecule has 0 spiro atoms. The van der Waals surface area contributed by atoms with Crippen LogP contribution in [0, 0.1) is 0 Å². The lowest BCUT2D eigenvalue weighted by atomic mass is 10.0. The molecular weight excluding hydrogens is 177 g/mol. The average Bonchev–Trinajstić information content (AvgIpc) is 2.45. The van der Waals surface area contributed by atoms with Crippen molar-refractivity contribution in [3.8, 4) is 0 Å². The molecule has 0 saturated carbocycles. The van der Waals surface area contributed by atoms with Gasteiger partial charge in [0.1, 0.15) is 0 Å². The Hall–Kier alpha value is -1.25. The van der Waals surface area contributed by atoms with Crippen LogP contribution in [-0.4, -0.2) is 6.18 Å². The molecule has 1 aromatic carbocycles. The second-order valence-electron chi connectivity index (χ2n) is 3.01. The summed E-state index contributed by atoms with van der Waals surface area (Å²) in [6.07, 6.45) is -1.44. The van der Waals surface area contributed by atoms with Gasteiger partial charge in [-0.05, 0) is 11.1 Å². The highest BCUT2D eigenvalue weighted by molar-refractivity contribution is 5.62. The van der Waals surface area contributed by atoms with Crippen LogP contribution in [0.5, 0.6) is 0 Å². The zero-order chi connectivity index (χ0) is 9.47. The molecule has 0 heterocycles. The fourth-order valence-electron chi connectivity index (χ4n) is 1.53. The minimum atomic E-state index is -4.16. The molecule has 0 radical (unpaired) electrons. The first-order chi connectivity index (χ1) is 6.09. The molecule has 1 aromatic rings. The van der Waals surface area contributed by atoms with Crippen molar-refractivity contribution in [2.24, 2.45) is 0 Å². The smallest absolute Gasteiger partial charge is 0.170 e. The van der Waals surface area contributed by atoms with Gasteiger partial charge in [0.15, 0.2) is 0 Å². The molecule has 0 aliphatic heterocycles. The number of fused-ring (bicyclic) bond motifs is 1. The lowest BCUT2D eigenvalue weighted by Crippen LogP contribution is -2.17. The van der Waals surface area contributed by atoms with Crippen LogP contribution in [0.25, 0.3) is 6.08 Å². The molecule has 13 heavy (non-hydrogen) atoms. The van der Waals surface area contributed by atoms with Crippen molar-refractivity contribution in [3.63, 3.8) is 0 Å². The zero-order valence-electron chi connectivity index (χ0n) is 6.68. The van der Waals surface area contributed by atoms with Gasteiger partial charge in [-0.15, -0.1) is 0 Å². The van der Waals surface area contributed by atoms with Crippen LogP contribution >= 0.6 is 0 Å². The molecule has 0 bridgehead atoms. The van der Waals surface area contributed by atoms with E-state index in [9.17, 15) is 13.2 Å². The maximum Gasteiger partial charge on any atom is 0.399 e. The second-order valence-corrected chi connectivity index (χ2v) is 3.01. The summed E-state index contributed by atoms with van der Waals surface area (Å²) in [5.74, 6) is -1.41. The van der Waals surface area contributed by atoms with Crippen LogP contribution in [0.1, 0.15) is 17.0 Å². The Morgan fingerprint density at radius 3 is 2.46 bits per heavy atom. The Kier molecular flexibility index (Phi) is 1.68. The molecule has 2 rings (SSSR count). The molecule has 1 atom stereocenters. The molecule has 1 aliphatic rings. The van der Waals surface area contributed by atoms with Crippen LogP contribution in [0.4, 0.5) is 13.2 Å². The summed E-state index contributed by atoms with van der Waals surface area (Å²) in [5.41, 5.74) is 1.03. The summed E-state index contributed by atoms with van der Waals surface area (Å²) >= 11 is 0. The molecule has 0 aromatic heterocycles. The van der Waals surface area contributed by atoms with Gasteiger partial charge in [-0.1, -0.05) is 36.4 Å². The minimum Gasteiger partial charge on any atom is -0.170 e. The van der Waals surface area contributed by atoms with Crippen molar-refractivity contribution in [3.05, 3.63) is 41.5 Å². The molecule has 1 aliphatic carbocycles. The van der Waals surface area contributed by atoms with Crippen LogP contribution in [0.3, 0.4) is 0 Å². The maximum atomic E-state index is 12.4. The molecule has 0 nitrogen and oxygen atoms in total. The molecule has 68 valence electrons. The van der Waals surface area contributed by atoms with Crippen LogP contribution in [0.2, 0.25) is 0 Å². The fraction of sp³-hybridized carbons (Fsp3) is 0.200. The van der Waals surface area contributed by atoms with Gasteiger partial charge >= 0.3 is 6.18 Å². The lowest BCUT2D eigenvalue weighted by Gasteiger charge is -2.14. The lowest BCUT2D eigenvalue weighted by molar-refractivity contribution is -0.138. The van der Waals surface area contributed by atoms with Gasteiger partial charge in [0, 0.05) is 0 Å². The summed E-state index contributed by atoms with van der Waals surface area (Å²) in [5, 5.41) is 0. The quantitative estimate of drug-likeness (QED) is 0.580. The van der Waals surface area contributed by atoms with E-state index in [2.05, 4.69) is 0 Å². The van der Waals surface area contributed by atoms with E-state index in [1.165, 1.54) is 18.2 Å². The Labute approximate surface area is 73.7 Å². The zero-order valence-corrected chi connectivity index (χ0v) is 6.68. The van der Waals surface area contributed by atoms with E-state index in [4.69, 9.17) is 0 Å². The summed E-state index contributed by atoms with van der Waals surface area (Å²) < 4.78 is 37.2. The summed E-state index contributed by atoms with van der Waals surface area (Å²) in [7, 11) is 0. The van der Waals surface area contributed by atoms with E-state index in [-0.39, 0.29) is 0 Å². The standard InChI is InChI=1S/C10H7F3/c11-10(12,13)9-6-5-7-3-1-2-4-8(7)9/h1-6,9H. The predicted octanol–water partition coefficient (Wildman–Crippen LogP) is 3.36. The van der Waals surface area contributed by atoms with Gasteiger partial charge in [-0.2, -0.15) is 13.2 Å². The summed E-state index contributed by atoms with van der Waals surface area (Å²) in [6, 6.07) is 6.58. The first-order valence-electron chi connectivity index (χ1n) is 3.93. The first-order valence-corrected chi connectivity index (χ1v) is 3.93. The number of alkyl halides is 3. The number of hydrogen-bond acceptors (Lipinski definition) is 0. The minimum absolute atomic E-state index is 0.356. The highest BCUT2D eigenvalue weighted by Gasteiger charge is 2.41. The highest BCUT2D eigenvalue weighted by Crippen LogP contribution is 2.41. The van der Waals surface area contributed by atoms with Crippen molar-refractivity contribution in [1.29, 1.82) is 0 Å². The average molecular weight is 184 g/mol. The van der Waals surface area contributed by atoms with Crippen molar-refractivity contribution in [1.82, 2.24) is 0 Å². The van der Waals surface area contributed by atoms with Gasteiger partial charge < -0.3 is 0 Å². The van der Waals surface area contributed by atoms with E-state index in [0.29, 0.717) is 11.1 Å². The van der Waals surface area contributed by atoms with Crippen LogP contribution in [0.15, 0.2) is 30.3 Å². The van der Waals surface area contributed by atoms with Crippen molar-refractivity contribution >= 4 is 6.08 Å². The van der Waals surface area contributed by atoms with E-state index in [0.717, 1.165) is 0 Å². The van der Waals surface area contributed by atoms with Gasteiger partial charge in [0.25, 0.3) is 0 Å². The third-order valence-electron chi connectivity index (χ3n) is 2.15. The number of allylic oxidation sites excluding steroid dienone is 1. The fourth-order valence-corrected chi connectivity index (χ4v) is 1.53. The number of rotatable bonds is 0. The third-order valence-corrected chi connectivity index (χ3v) is 2.15.